The van der Waals surface area contributed by atoms with Crippen LogP contribution < -0.4 is 28.4 Å². The molecule has 1 aliphatic rings. The van der Waals surface area contributed by atoms with Crippen LogP contribution in [-0.2, 0) is 30.3 Å². The van der Waals surface area contributed by atoms with E-state index in [1.165, 1.54) is 0 Å². The first kappa shape index (κ1) is 38.1. The van der Waals surface area contributed by atoms with E-state index in [-0.39, 0.29) is 32.0 Å². The van der Waals surface area contributed by atoms with Crippen molar-refractivity contribution < 1.29 is 56.9 Å². The summed E-state index contributed by atoms with van der Waals surface area (Å²) in [7, 11) is 0. The molecule has 3 aromatic rings. The van der Waals surface area contributed by atoms with Gasteiger partial charge in [0.1, 0.15) is 57.7 Å². The van der Waals surface area contributed by atoms with Gasteiger partial charge in [-0.3, -0.25) is 0 Å². The van der Waals surface area contributed by atoms with Crippen molar-refractivity contribution in [3.05, 3.63) is 97.1 Å². The highest BCUT2D eigenvalue weighted by molar-refractivity contribution is 5.90. The average Bonchev–Trinajstić information content (AvgIpc) is 3.14. The van der Waals surface area contributed by atoms with Crippen LogP contribution in [0.2, 0.25) is 0 Å². The number of hydrogen-bond donors (Lipinski definition) is 0. The molecule has 0 fully saturated rings. The van der Waals surface area contributed by atoms with E-state index in [1.54, 1.807) is 48.6 Å². The summed E-state index contributed by atoms with van der Waals surface area (Å²) >= 11 is 0. The second-order valence-electron chi connectivity index (χ2n) is 10.5. The molecule has 0 unspecified atom stereocenters. The lowest BCUT2D eigenvalue weighted by molar-refractivity contribution is 0.0223. The molecule has 0 N–H and O–H groups in total. The predicted octanol–water partition coefficient (Wildman–Crippen LogP) is 5.47. The van der Waals surface area contributed by atoms with Crippen LogP contribution in [0.1, 0.15) is 15.9 Å². The van der Waals surface area contributed by atoms with Crippen LogP contribution in [0.3, 0.4) is 0 Å². The van der Waals surface area contributed by atoms with Crippen molar-refractivity contribution in [2.24, 2.45) is 0 Å². The van der Waals surface area contributed by atoms with Gasteiger partial charge in [0.05, 0.1) is 58.4 Å². The van der Waals surface area contributed by atoms with E-state index in [1.807, 2.05) is 24.3 Å². The number of carbonyl (C=O) groups excluding carboxylic acids is 1. The normalized spacial score (nSPS) is 15.4. The first-order chi connectivity index (χ1) is 24.7. The molecule has 1 aliphatic heterocycles. The zero-order valence-electron chi connectivity index (χ0n) is 28.3. The van der Waals surface area contributed by atoms with Gasteiger partial charge in [-0.25, -0.2) is 4.79 Å². The Labute approximate surface area is 293 Å². The van der Waals surface area contributed by atoms with Crippen molar-refractivity contribution in [3.8, 4) is 34.5 Å². The number of esters is 1. The highest BCUT2D eigenvalue weighted by Gasteiger charge is 2.14. The van der Waals surface area contributed by atoms with Gasteiger partial charge in [0.15, 0.2) is 23.0 Å². The van der Waals surface area contributed by atoms with Crippen LogP contribution in [0.25, 0.3) is 0 Å². The lowest BCUT2D eigenvalue weighted by atomic mass is 10.2. The van der Waals surface area contributed by atoms with Gasteiger partial charge >= 0.3 is 5.97 Å². The molecule has 12 heteroatoms. The molecule has 3 aromatic carbocycles. The van der Waals surface area contributed by atoms with Gasteiger partial charge in [0.2, 0.25) is 0 Å². The minimum atomic E-state index is -0.543. The molecule has 0 bridgehead atoms. The Bertz CT molecular complexity index is 1430. The van der Waals surface area contributed by atoms with Gasteiger partial charge in [-0.15, -0.1) is 0 Å². The summed E-state index contributed by atoms with van der Waals surface area (Å²) in [5.41, 5.74) is 0.982. The number of para-hydroxylation sites is 2. The number of fused-ring (bicyclic) bond motifs is 2. The fourth-order valence-corrected chi connectivity index (χ4v) is 4.45. The molecule has 50 heavy (non-hydrogen) atoms. The van der Waals surface area contributed by atoms with E-state index in [0.717, 1.165) is 0 Å². The number of rotatable bonds is 9. The van der Waals surface area contributed by atoms with E-state index >= 15 is 0 Å². The summed E-state index contributed by atoms with van der Waals surface area (Å²) in [4.78, 5) is 13.0. The van der Waals surface area contributed by atoms with E-state index < -0.39 is 5.97 Å². The van der Waals surface area contributed by atoms with Crippen molar-refractivity contribution in [1.29, 1.82) is 0 Å². The molecule has 0 saturated heterocycles. The summed E-state index contributed by atoms with van der Waals surface area (Å²) < 4.78 is 63.1. The fourth-order valence-electron chi connectivity index (χ4n) is 4.45. The van der Waals surface area contributed by atoms with Gasteiger partial charge in [-0.1, -0.05) is 43.5 Å². The molecule has 4 rings (SSSR count). The maximum atomic E-state index is 13.0. The number of hydrogen-bond acceptors (Lipinski definition) is 12. The number of ether oxygens (including phenoxy) is 11. The first-order valence-electron chi connectivity index (χ1n) is 16.5. The van der Waals surface area contributed by atoms with Crippen molar-refractivity contribution in [2.75, 3.05) is 92.5 Å². The van der Waals surface area contributed by atoms with E-state index in [4.69, 9.17) is 52.1 Å². The fraction of sp³-hybridized carbons (Fsp3) is 0.395. The molecule has 1 heterocycles. The van der Waals surface area contributed by atoms with Crippen molar-refractivity contribution in [3.63, 3.8) is 0 Å². The largest absolute Gasteiger partial charge is 0.489 e. The smallest absolute Gasteiger partial charge is 0.338 e. The van der Waals surface area contributed by atoms with E-state index in [2.05, 4.69) is 13.2 Å². The quantitative estimate of drug-likeness (QED) is 0.209. The number of carbonyl (C=O) groups is 1. The molecule has 0 radical (unpaired) electrons. The molecule has 12 nitrogen and oxygen atoms in total. The third-order valence-corrected chi connectivity index (χ3v) is 6.76. The Morgan fingerprint density at radius 1 is 0.560 bits per heavy atom. The molecule has 0 aromatic heterocycles. The molecule has 0 amide bonds. The second kappa shape index (κ2) is 22.8. The van der Waals surface area contributed by atoms with Crippen LogP contribution in [0.4, 0.5) is 0 Å². The first-order valence-corrected chi connectivity index (χ1v) is 16.5. The van der Waals surface area contributed by atoms with Gasteiger partial charge in [0.25, 0.3) is 0 Å². The van der Waals surface area contributed by atoms with Crippen LogP contribution in [0, 0.1) is 0 Å². The van der Waals surface area contributed by atoms with Crippen LogP contribution in [-0.4, -0.2) is 98.5 Å². The lowest BCUT2D eigenvalue weighted by Crippen LogP contribution is -2.15. The van der Waals surface area contributed by atoms with Crippen molar-refractivity contribution in [2.45, 2.75) is 6.61 Å². The van der Waals surface area contributed by atoms with Crippen LogP contribution in [0.5, 0.6) is 34.5 Å². The zero-order chi connectivity index (χ0) is 35.1. The lowest BCUT2D eigenvalue weighted by Gasteiger charge is -2.15. The summed E-state index contributed by atoms with van der Waals surface area (Å²) in [6.45, 7) is 12.2. The minimum absolute atomic E-state index is 0.00659. The van der Waals surface area contributed by atoms with Gasteiger partial charge in [0, 0.05) is 6.07 Å². The van der Waals surface area contributed by atoms with Gasteiger partial charge < -0.3 is 52.1 Å². The van der Waals surface area contributed by atoms with Crippen molar-refractivity contribution >= 4 is 5.97 Å². The maximum Gasteiger partial charge on any atom is 0.338 e. The monoisotopic (exact) mass is 694 g/mol. The van der Waals surface area contributed by atoms with Gasteiger partial charge in [-0.05, 0) is 42.0 Å². The standard InChI is InChI=1S/C38H46O12/c1-3-11-44-32-26-31(27-33(28-32)45-12-4-2)38(39)50-29-30-9-10-36-37(25-30)49-24-20-43-16-15-41-18-22-47-35-8-6-5-7-34(35)46-21-17-40-13-14-42-19-23-48-36/h3-10,25-28H,1-2,11-24,29H2. The maximum absolute atomic E-state index is 13.0. The Hall–Kier alpha value is -4.75. The Morgan fingerprint density at radius 2 is 1.00 bits per heavy atom. The molecule has 0 atom stereocenters. The topological polar surface area (TPSA) is 119 Å². The Kier molecular flexibility index (Phi) is 17.4. The van der Waals surface area contributed by atoms with E-state index in [0.29, 0.717) is 113 Å². The number of benzene rings is 3. The Morgan fingerprint density at radius 3 is 1.48 bits per heavy atom. The summed E-state index contributed by atoms with van der Waals surface area (Å²) in [6, 6.07) is 17.7. The molecule has 0 spiro atoms. The van der Waals surface area contributed by atoms with Crippen LogP contribution >= 0.6 is 0 Å². The predicted molar refractivity (Wildman–Crippen MR) is 185 cm³/mol. The third kappa shape index (κ3) is 14.0. The molecule has 0 aliphatic carbocycles. The molecular formula is C38H46O12. The molecule has 270 valence electrons. The molecule has 0 saturated carbocycles. The summed E-state index contributed by atoms with van der Waals surface area (Å²) in [5, 5.41) is 0. The third-order valence-electron chi connectivity index (χ3n) is 6.76. The zero-order valence-corrected chi connectivity index (χ0v) is 28.3. The second-order valence-corrected chi connectivity index (χ2v) is 10.5. The van der Waals surface area contributed by atoms with E-state index in [9.17, 15) is 4.79 Å². The highest BCUT2D eigenvalue weighted by atomic mass is 16.6. The SMILES string of the molecule is C=CCOc1cc(OCC=C)cc(C(=O)OCc2ccc3c(c2)OCCOCCOCCOc2ccccc2OCCOCCOCCO3)c1. The summed E-state index contributed by atoms with van der Waals surface area (Å²) in [6.07, 6.45) is 3.23. The average molecular weight is 695 g/mol. The highest BCUT2D eigenvalue weighted by Crippen LogP contribution is 2.30. The van der Waals surface area contributed by atoms with Crippen molar-refractivity contribution in [1.82, 2.24) is 0 Å². The van der Waals surface area contributed by atoms with Crippen LogP contribution in [0.15, 0.2) is 86.0 Å². The van der Waals surface area contributed by atoms with Gasteiger partial charge in [-0.2, -0.15) is 0 Å². The Balaban J connectivity index is 1.32. The molecular weight excluding hydrogens is 648 g/mol. The minimum Gasteiger partial charge on any atom is -0.489 e. The summed E-state index contributed by atoms with van der Waals surface area (Å²) in [5.74, 6) is 2.66.